The Bertz CT molecular complexity index is 396. The maximum Gasteiger partial charge on any atom is 0.433 e. The molecule has 0 fully saturated rings. The van der Waals surface area contributed by atoms with E-state index < -0.39 is 30.3 Å². The van der Waals surface area contributed by atoms with Crippen molar-refractivity contribution in [3.05, 3.63) is 17.5 Å². The number of carboxylic acids is 1. The van der Waals surface area contributed by atoms with Gasteiger partial charge in [-0.05, 0) is 13.8 Å². The van der Waals surface area contributed by atoms with Crippen LogP contribution in [0.3, 0.4) is 0 Å². The summed E-state index contributed by atoms with van der Waals surface area (Å²) in [4.78, 5) is 10.4. The smallest absolute Gasteiger partial charge is 0.433 e. The molecule has 16 heavy (non-hydrogen) atoms. The molecule has 0 bridgehead atoms. The second kappa shape index (κ2) is 4.15. The average molecular weight is 236 g/mol. The van der Waals surface area contributed by atoms with Crippen LogP contribution in [0.25, 0.3) is 0 Å². The molecule has 1 heterocycles. The molecule has 0 atom stereocenters. The van der Waals surface area contributed by atoms with Gasteiger partial charge in [0.15, 0.2) is 0 Å². The molecule has 1 aromatic heterocycles. The third-order valence-electron chi connectivity index (χ3n) is 1.97. The molecule has 0 aromatic carbocycles. The molecule has 0 saturated heterocycles. The van der Waals surface area contributed by atoms with Crippen LogP contribution in [-0.2, 0) is 17.4 Å². The standard InChI is InChI=1S/C9H11F3N2O2/c1-5(2)14-8(9(10,11)12)6(4-13-14)3-7(15)16/h4-5H,3H2,1-2H3,(H,15,16). The summed E-state index contributed by atoms with van der Waals surface area (Å²) >= 11 is 0. The van der Waals surface area contributed by atoms with Gasteiger partial charge < -0.3 is 5.11 Å². The molecule has 1 aromatic rings. The molecule has 90 valence electrons. The third-order valence-corrected chi connectivity index (χ3v) is 1.97. The number of hydrogen-bond donors (Lipinski definition) is 1. The van der Waals surface area contributed by atoms with E-state index in [1.165, 1.54) is 0 Å². The maximum atomic E-state index is 12.7. The Morgan fingerprint density at radius 2 is 2.12 bits per heavy atom. The Kier molecular flexibility index (Phi) is 3.25. The first-order valence-electron chi connectivity index (χ1n) is 4.59. The minimum absolute atomic E-state index is 0.311. The SMILES string of the molecule is CC(C)n1ncc(CC(=O)O)c1C(F)(F)F. The van der Waals surface area contributed by atoms with Crippen molar-refractivity contribution >= 4 is 5.97 Å². The summed E-state index contributed by atoms with van der Waals surface area (Å²) in [5.74, 6) is -1.31. The normalized spacial score (nSPS) is 12.1. The van der Waals surface area contributed by atoms with Crippen molar-refractivity contribution < 1.29 is 23.1 Å². The van der Waals surface area contributed by atoms with Gasteiger partial charge in [-0.2, -0.15) is 18.3 Å². The molecular formula is C9H11F3N2O2. The zero-order chi connectivity index (χ0) is 12.5. The minimum Gasteiger partial charge on any atom is -0.481 e. The van der Waals surface area contributed by atoms with Crippen LogP contribution in [0.1, 0.15) is 31.1 Å². The van der Waals surface area contributed by atoms with Gasteiger partial charge in [-0.25, -0.2) is 0 Å². The van der Waals surface area contributed by atoms with Crippen molar-refractivity contribution in [1.82, 2.24) is 9.78 Å². The molecule has 0 amide bonds. The number of aliphatic carboxylic acids is 1. The van der Waals surface area contributed by atoms with E-state index in [0.717, 1.165) is 10.9 Å². The van der Waals surface area contributed by atoms with Crippen LogP contribution in [0.15, 0.2) is 6.20 Å². The van der Waals surface area contributed by atoms with Gasteiger partial charge in [-0.15, -0.1) is 0 Å². The fourth-order valence-corrected chi connectivity index (χ4v) is 1.39. The van der Waals surface area contributed by atoms with Crippen molar-refractivity contribution in [2.45, 2.75) is 32.5 Å². The van der Waals surface area contributed by atoms with E-state index >= 15 is 0 Å². The van der Waals surface area contributed by atoms with Gasteiger partial charge in [0.2, 0.25) is 0 Å². The fraction of sp³-hybridized carbons (Fsp3) is 0.556. The molecule has 0 aliphatic heterocycles. The number of nitrogens with zero attached hydrogens (tertiary/aromatic N) is 2. The maximum absolute atomic E-state index is 12.7. The van der Waals surface area contributed by atoms with Crippen molar-refractivity contribution in [2.75, 3.05) is 0 Å². The third kappa shape index (κ3) is 2.53. The van der Waals surface area contributed by atoms with Crippen LogP contribution in [0.5, 0.6) is 0 Å². The van der Waals surface area contributed by atoms with Crippen LogP contribution in [-0.4, -0.2) is 20.9 Å². The van der Waals surface area contributed by atoms with E-state index in [4.69, 9.17) is 5.11 Å². The lowest BCUT2D eigenvalue weighted by molar-refractivity contribution is -0.145. The van der Waals surface area contributed by atoms with Gasteiger partial charge in [0.25, 0.3) is 0 Å². The number of carbonyl (C=O) groups is 1. The number of carboxylic acid groups (broad SMARTS) is 1. The predicted molar refractivity (Wildman–Crippen MR) is 49.0 cm³/mol. The molecule has 0 aliphatic carbocycles. The van der Waals surface area contributed by atoms with Gasteiger partial charge in [-0.3, -0.25) is 9.48 Å². The van der Waals surface area contributed by atoms with E-state index in [9.17, 15) is 18.0 Å². The van der Waals surface area contributed by atoms with Gasteiger partial charge in [0.1, 0.15) is 5.69 Å². The average Bonchev–Trinajstić information content (AvgIpc) is 2.45. The van der Waals surface area contributed by atoms with Crippen molar-refractivity contribution in [2.24, 2.45) is 0 Å². The molecular weight excluding hydrogens is 225 g/mol. The summed E-state index contributed by atoms with van der Waals surface area (Å²) in [6.07, 6.45) is -4.32. The van der Waals surface area contributed by atoms with E-state index in [2.05, 4.69) is 5.10 Å². The van der Waals surface area contributed by atoms with E-state index in [-0.39, 0.29) is 5.56 Å². The summed E-state index contributed by atoms with van der Waals surface area (Å²) in [6.45, 7) is 3.10. The molecule has 0 spiro atoms. The largest absolute Gasteiger partial charge is 0.481 e. The monoisotopic (exact) mass is 236 g/mol. The molecule has 0 aliphatic rings. The van der Waals surface area contributed by atoms with Crippen LogP contribution in [0.2, 0.25) is 0 Å². The first kappa shape index (κ1) is 12.5. The lowest BCUT2D eigenvalue weighted by Gasteiger charge is -2.14. The molecule has 1 rings (SSSR count). The number of halogens is 3. The molecule has 4 nitrogen and oxygen atoms in total. The minimum atomic E-state index is -4.59. The second-order valence-corrected chi connectivity index (χ2v) is 3.63. The molecule has 7 heteroatoms. The zero-order valence-corrected chi connectivity index (χ0v) is 8.75. The number of rotatable bonds is 3. The molecule has 1 N–H and O–H groups in total. The topological polar surface area (TPSA) is 55.1 Å². The lowest BCUT2D eigenvalue weighted by Crippen LogP contribution is -2.19. The van der Waals surface area contributed by atoms with Gasteiger partial charge >= 0.3 is 12.1 Å². The van der Waals surface area contributed by atoms with Gasteiger partial charge in [-0.1, -0.05) is 0 Å². The van der Waals surface area contributed by atoms with Gasteiger partial charge in [0.05, 0.1) is 12.6 Å². The number of aromatic nitrogens is 2. The van der Waals surface area contributed by atoms with Gasteiger partial charge in [0, 0.05) is 11.6 Å². The van der Waals surface area contributed by atoms with Crippen LogP contribution >= 0.6 is 0 Å². The van der Waals surface area contributed by atoms with Crippen LogP contribution in [0, 0.1) is 0 Å². The Balaban J connectivity index is 3.25. The van der Waals surface area contributed by atoms with E-state index in [0.29, 0.717) is 0 Å². The second-order valence-electron chi connectivity index (χ2n) is 3.63. The first-order valence-corrected chi connectivity index (χ1v) is 4.59. The fourth-order valence-electron chi connectivity index (χ4n) is 1.39. The molecule has 0 unspecified atom stereocenters. The number of hydrogen-bond acceptors (Lipinski definition) is 2. The van der Waals surface area contributed by atoms with Crippen molar-refractivity contribution in [3.63, 3.8) is 0 Å². The zero-order valence-electron chi connectivity index (χ0n) is 8.75. The predicted octanol–water partition coefficient (Wildman–Crippen LogP) is 2.11. The number of alkyl halides is 3. The summed E-state index contributed by atoms with van der Waals surface area (Å²) in [5, 5.41) is 12.1. The van der Waals surface area contributed by atoms with E-state index in [1.54, 1.807) is 13.8 Å². The van der Waals surface area contributed by atoms with Crippen molar-refractivity contribution in [3.8, 4) is 0 Å². The highest BCUT2D eigenvalue weighted by atomic mass is 19.4. The van der Waals surface area contributed by atoms with Crippen LogP contribution in [0.4, 0.5) is 13.2 Å². The summed E-state index contributed by atoms with van der Waals surface area (Å²) < 4.78 is 38.9. The molecule has 0 radical (unpaired) electrons. The quantitative estimate of drug-likeness (QED) is 0.874. The summed E-state index contributed by atoms with van der Waals surface area (Å²) in [7, 11) is 0. The lowest BCUT2D eigenvalue weighted by atomic mass is 10.1. The Labute approximate surface area is 89.7 Å². The highest BCUT2D eigenvalue weighted by Gasteiger charge is 2.38. The summed E-state index contributed by atoms with van der Waals surface area (Å²) in [6, 6.07) is -0.473. The highest BCUT2D eigenvalue weighted by Crippen LogP contribution is 2.33. The molecule has 0 saturated carbocycles. The summed E-state index contributed by atoms with van der Waals surface area (Å²) in [5.41, 5.74) is -1.29. The Morgan fingerprint density at radius 3 is 2.50 bits per heavy atom. The van der Waals surface area contributed by atoms with E-state index in [1.807, 2.05) is 0 Å². The van der Waals surface area contributed by atoms with Crippen molar-refractivity contribution in [1.29, 1.82) is 0 Å². The first-order chi connectivity index (χ1) is 7.23. The van der Waals surface area contributed by atoms with Crippen LogP contribution < -0.4 is 0 Å². The highest BCUT2D eigenvalue weighted by molar-refractivity contribution is 5.70. The Hall–Kier alpha value is -1.53. The Morgan fingerprint density at radius 1 is 1.56 bits per heavy atom.